The fourth-order valence-electron chi connectivity index (χ4n) is 2.87. The first kappa shape index (κ1) is 22.5. The van der Waals surface area contributed by atoms with Gasteiger partial charge in [-0.15, -0.1) is 25.6 Å². The summed E-state index contributed by atoms with van der Waals surface area (Å²) in [6.07, 6.45) is -1.45. The average Bonchev–Trinajstić information content (AvgIpc) is 3.05. The van der Waals surface area contributed by atoms with E-state index in [1.54, 1.807) is 18.2 Å². The summed E-state index contributed by atoms with van der Waals surface area (Å²) in [6, 6.07) is 12.0. The van der Waals surface area contributed by atoms with Crippen molar-refractivity contribution < 1.29 is 22.6 Å². The molecule has 2 heterocycles. The van der Waals surface area contributed by atoms with Crippen LogP contribution in [0.1, 0.15) is 0 Å². The Hall–Kier alpha value is -3.17. The highest BCUT2D eigenvalue weighted by atomic mass is 35.5. The minimum absolute atomic E-state index is 0. The zero-order chi connectivity index (χ0) is 21.3. The van der Waals surface area contributed by atoms with Crippen LogP contribution in [0.3, 0.4) is 0 Å². The summed E-state index contributed by atoms with van der Waals surface area (Å²) < 4.78 is 48.6. The molecule has 11 heteroatoms. The summed E-state index contributed by atoms with van der Waals surface area (Å²) in [6.45, 7) is 0. The summed E-state index contributed by atoms with van der Waals surface area (Å²) in [5.74, 6) is 0.651. The Morgan fingerprint density at radius 3 is 2.55 bits per heavy atom. The molecule has 1 N–H and O–H groups in total. The Kier molecular flexibility index (Phi) is 6.47. The van der Waals surface area contributed by atoms with E-state index < -0.39 is 6.36 Å². The van der Waals surface area contributed by atoms with Crippen molar-refractivity contribution in [2.24, 2.45) is 7.05 Å². The van der Waals surface area contributed by atoms with Crippen molar-refractivity contribution in [3.63, 3.8) is 0 Å². The van der Waals surface area contributed by atoms with Crippen LogP contribution in [0.5, 0.6) is 17.2 Å². The lowest BCUT2D eigenvalue weighted by Gasteiger charge is -2.13. The summed E-state index contributed by atoms with van der Waals surface area (Å²) in [5, 5.41) is 3.45. The summed E-state index contributed by atoms with van der Waals surface area (Å²) in [4.78, 5) is 8.48. The van der Waals surface area contributed by atoms with Gasteiger partial charge in [0.15, 0.2) is 5.82 Å². The van der Waals surface area contributed by atoms with Crippen molar-refractivity contribution in [3.05, 3.63) is 66.1 Å². The van der Waals surface area contributed by atoms with E-state index in [0.29, 0.717) is 11.5 Å². The maximum Gasteiger partial charge on any atom is 0.573 e. The number of aromatic nitrogens is 3. The van der Waals surface area contributed by atoms with E-state index in [1.807, 2.05) is 23.9 Å². The normalized spacial score (nSPS) is 11.1. The standard InChI is InChI=1S/C20H14ClF3N4O2.ClH/c1-28-8-7-16-18(28)19(26-11-25-16)27-12-5-6-17(15(21)9-12)29-13-3-2-4-14(10-13)30-20(22,23)24;/h2-11H,1H3,(H,25,26,27);1H. The van der Waals surface area contributed by atoms with Crippen molar-refractivity contribution in [3.8, 4) is 17.2 Å². The number of fused-ring (bicyclic) bond motifs is 1. The number of nitrogens with one attached hydrogen (secondary N) is 1. The summed E-state index contributed by atoms with van der Waals surface area (Å²) in [7, 11) is 1.89. The van der Waals surface area contributed by atoms with E-state index in [4.69, 9.17) is 16.3 Å². The number of hydrogen-bond donors (Lipinski definition) is 1. The Bertz CT molecular complexity index is 1210. The van der Waals surface area contributed by atoms with E-state index in [-0.39, 0.29) is 34.7 Å². The fraction of sp³-hybridized carbons (Fsp3) is 0.100. The lowest BCUT2D eigenvalue weighted by Crippen LogP contribution is -2.17. The number of benzene rings is 2. The summed E-state index contributed by atoms with van der Waals surface area (Å²) in [5.41, 5.74) is 2.28. The van der Waals surface area contributed by atoms with Gasteiger partial charge in [-0.2, -0.15) is 0 Å². The Morgan fingerprint density at radius 1 is 1.03 bits per heavy atom. The second-order valence-electron chi connectivity index (χ2n) is 6.28. The van der Waals surface area contributed by atoms with Crippen molar-refractivity contribution in [1.29, 1.82) is 0 Å². The number of rotatable bonds is 5. The molecule has 0 aliphatic carbocycles. The third-order valence-electron chi connectivity index (χ3n) is 4.12. The van der Waals surface area contributed by atoms with Crippen molar-refractivity contribution in [1.82, 2.24) is 14.5 Å². The molecule has 0 aliphatic rings. The molecule has 0 radical (unpaired) electrons. The van der Waals surface area contributed by atoms with Crippen LogP contribution in [-0.2, 0) is 7.05 Å². The molecule has 0 atom stereocenters. The number of ether oxygens (including phenoxy) is 2. The smallest absolute Gasteiger partial charge is 0.456 e. The van der Waals surface area contributed by atoms with Crippen molar-refractivity contribution in [2.75, 3.05) is 5.32 Å². The molecule has 31 heavy (non-hydrogen) atoms. The van der Waals surface area contributed by atoms with Crippen LogP contribution in [0.4, 0.5) is 24.7 Å². The topological polar surface area (TPSA) is 61.2 Å². The highest BCUT2D eigenvalue weighted by Gasteiger charge is 2.31. The quantitative estimate of drug-likeness (QED) is 0.361. The highest BCUT2D eigenvalue weighted by Crippen LogP contribution is 2.35. The molecule has 4 aromatic rings. The van der Waals surface area contributed by atoms with Gasteiger partial charge in [-0.1, -0.05) is 17.7 Å². The number of halogens is 5. The third-order valence-corrected chi connectivity index (χ3v) is 4.42. The fourth-order valence-corrected chi connectivity index (χ4v) is 3.09. The number of hydrogen-bond acceptors (Lipinski definition) is 5. The molecule has 2 aromatic carbocycles. The van der Waals surface area contributed by atoms with Crippen LogP contribution in [0.2, 0.25) is 5.02 Å². The van der Waals surface area contributed by atoms with Gasteiger partial charge in [0.1, 0.15) is 29.1 Å². The van der Waals surface area contributed by atoms with Crippen molar-refractivity contribution >= 4 is 46.5 Å². The van der Waals surface area contributed by atoms with E-state index in [9.17, 15) is 13.2 Å². The number of aryl methyl sites for hydroxylation is 1. The van der Waals surface area contributed by atoms with Crippen molar-refractivity contribution in [2.45, 2.75) is 6.36 Å². The van der Waals surface area contributed by atoms with Gasteiger partial charge in [0.25, 0.3) is 0 Å². The Morgan fingerprint density at radius 2 is 1.81 bits per heavy atom. The number of anilines is 2. The first-order valence-electron chi connectivity index (χ1n) is 8.65. The predicted octanol–water partition coefficient (Wildman–Crippen LogP) is 6.48. The highest BCUT2D eigenvalue weighted by molar-refractivity contribution is 6.32. The molecule has 6 nitrogen and oxygen atoms in total. The molecule has 0 spiro atoms. The van der Waals surface area contributed by atoms with Gasteiger partial charge >= 0.3 is 6.36 Å². The second kappa shape index (κ2) is 8.91. The molecule has 0 unspecified atom stereocenters. The SMILES string of the molecule is Cl.Cn1ccc2ncnc(Nc3ccc(Oc4cccc(OC(F)(F)F)c4)c(Cl)c3)c21. The minimum Gasteiger partial charge on any atom is -0.456 e. The van der Waals surface area contributed by atoms with E-state index in [1.165, 1.54) is 24.5 Å². The molecule has 0 bridgehead atoms. The molecular weight excluding hydrogens is 456 g/mol. The zero-order valence-corrected chi connectivity index (χ0v) is 17.4. The van der Waals surface area contributed by atoms with E-state index in [0.717, 1.165) is 17.1 Å². The molecule has 0 saturated heterocycles. The first-order valence-corrected chi connectivity index (χ1v) is 9.02. The van der Waals surface area contributed by atoms with Gasteiger partial charge in [-0.3, -0.25) is 0 Å². The lowest BCUT2D eigenvalue weighted by molar-refractivity contribution is -0.274. The van der Waals surface area contributed by atoms with Crippen LogP contribution in [-0.4, -0.2) is 20.9 Å². The third kappa shape index (κ3) is 5.31. The Labute approximate surface area is 186 Å². The van der Waals surface area contributed by atoms with Gasteiger partial charge in [-0.25, -0.2) is 9.97 Å². The lowest BCUT2D eigenvalue weighted by atomic mass is 10.3. The average molecular weight is 471 g/mol. The molecular formula is C20H15Cl2F3N4O2. The first-order chi connectivity index (χ1) is 14.3. The van der Waals surface area contributed by atoms with Gasteiger partial charge in [-0.05, 0) is 36.4 Å². The van der Waals surface area contributed by atoms with Gasteiger partial charge < -0.3 is 19.4 Å². The monoisotopic (exact) mass is 470 g/mol. The van der Waals surface area contributed by atoms with Crippen LogP contribution in [0, 0.1) is 0 Å². The molecule has 0 fully saturated rings. The van der Waals surface area contributed by atoms with Crippen LogP contribution in [0.15, 0.2) is 61.1 Å². The van der Waals surface area contributed by atoms with Gasteiger partial charge in [0, 0.05) is 25.0 Å². The molecule has 0 aliphatic heterocycles. The van der Waals surface area contributed by atoms with E-state index >= 15 is 0 Å². The zero-order valence-electron chi connectivity index (χ0n) is 15.9. The number of alkyl halides is 3. The van der Waals surface area contributed by atoms with Crippen LogP contribution < -0.4 is 14.8 Å². The van der Waals surface area contributed by atoms with Gasteiger partial charge in [0.2, 0.25) is 0 Å². The number of nitrogens with zero attached hydrogens (tertiary/aromatic N) is 3. The molecule has 0 saturated carbocycles. The molecule has 4 rings (SSSR count). The van der Waals surface area contributed by atoms with Gasteiger partial charge in [0.05, 0.1) is 10.5 Å². The maximum atomic E-state index is 12.4. The predicted molar refractivity (Wildman–Crippen MR) is 114 cm³/mol. The van der Waals surface area contributed by atoms with E-state index in [2.05, 4.69) is 20.0 Å². The molecule has 2 aromatic heterocycles. The molecule has 0 amide bonds. The molecule has 162 valence electrons. The summed E-state index contributed by atoms with van der Waals surface area (Å²) >= 11 is 6.31. The Balaban J connectivity index is 0.00000272. The minimum atomic E-state index is -4.78. The van der Waals surface area contributed by atoms with Crippen LogP contribution in [0.25, 0.3) is 11.0 Å². The second-order valence-corrected chi connectivity index (χ2v) is 6.68. The van der Waals surface area contributed by atoms with Crippen LogP contribution >= 0.6 is 24.0 Å². The largest absolute Gasteiger partial charge is 0.573 e. The maximum absolute atomic E-state index is 12.4.